The van der Waals surface area contributed by atoms with Crippen molar-refractivity contribution in [1.82, 2.24) is 14.8 Å². The zero-order valence-electron chi connectivity index (χ0n) is 14.1. The summed E-state index contributed by atoms with van der Waals surface area (Å²) in [7, 11) is 0. The predicted octanol–water partition coefficient (Wildman–Crippen LogP) is -1.96. The van der Waals surface area contributed by atoms with Gasteiger partial charge in [-0.1, -0.05) is 12.3 Å². The number of carbonyl (C=O) groups is 1. The molecule has 2 heterocycles. The summed E-state index contributed by atoms with van der Waals surface area (Å²) in [5.74, 6) is 4.11. The highest BCUT2D eigenvalue weighted by Crippen LogP contribution is 2.30. The summed E-state index contributed by atoms with van der Waals surface area (Å²) in [4.78, 5) is 15.6. The van der Waals surface area contributed by atoms with Crippen molar-refractivity contribution in [2.24, 2.45) is 5.73 Å². The van der Waals surface area contributed by atoms with Crippen LogP contribution in [-0.2, 0) is 4.74 Å². The molecular formula is C16H22N4O6. The number of hydrogen-bond acceptors (Lipinski definition) is 8. The Bertz CT molecular complexity index is 733. The van der Waals surface area contributed by atoms with Crippen molar-refractivity contribution in [1.29, 1.82) is 0 Å². The van der Waals surface area contributed by atoms with Gasteiger partial charge in [0, 0.05) is 0 Å². The quantitative estimate of drug-likeness (QED) is 0.385. The van der Waals surface area contributed by atoms with Gasteiger partial charge >= 0.3 is 0 Å². The first-order valence-electron chi connectivity index (χ1n) is 8.49. The number of ether oxygens (including phenoxy) is 1. The number of nitrogens with zero attached hydrogens (tertiary/aromatic N) is 3. The van der Waals surface area contributed by atoms with Crippen molar-refractivity contribution >= 4 is 5.91 Å². The molecule has 10 nitrogen and oxygen atoms in total. The molecule has 0 aromatic carbocycles. The SMILES string of the molecule is NC(=O)c1nc(C#CC2(O)CCCCC2)nn1[C@@H]1O[C@H](CO)[C@@H](O)[C@H]1O. The lowest BCUT2D eigenvalue weighted by Crippen LogP contribution is -2.34. The van der Waals surface area contributed by atoms with E-state index in [-0.39, 0.29) is 11.6 Å². The molecule has 1 saturated heterocycles. The second-order valence-corrected chi connectivity index (χ2v) is 6.64. The number of hydrogen-bond donors (Lipinski definition) is 5. The number of rotatable bonds is 3. The van der Waals surface area contributed by atoms with Crippen molar-refractivity contribution in [2.75, 3.05) is 6.61 Å². The third kappa shape index (κ3) is 3.58. The fourth-order valence-corrected chi connectivity index (χ4v) is 3.24. The first kappa shape index (κ1) is 18.8. The van der Waals surface area contributed by atoms with Gasteiger partial charge in [-0.25, -0.2) is 4.68 Å². The maximum atomic E-state index is 11.7. The van der Waals surface area contributed by atoms with E-state index in [0.29, 0.717) is 12.8 Å². The third-order valence-corrected chi connectivity index (χ3v) is 4.70. The van der Waals surface area contributed by atoms with Crippen molar-refractivity contribution in [3.05, 3.63) is 11.6 Å². The van der Waals surface area contributed by atoms with Crippen LogP contribution in [0.5, 0.6) is 0 Å². The molecule has 0 radical (unpaired) electrons. The maximum Gasteiger partial charge on any atom is 0.286 e. The van der Waals surface area contributed by atoms with Crippen molar-refractivity contribution < 1.29 is 30.0 Å². The summed E-state index contributed by atoms with van der Waals surface area (Å²) >= 11 is 0. The Morgan fingerprint density at radius 2 is 2.00 bits per heavy atom. The van der Waals surface area contributed by atoms with Crippen molar-refractivity contribution in [3.63, 3.8) is 0 Å². The molecule has 4 atom stereocenters. The Kier molecular flexibility index (Phi) is 5.27. The van der Waals surface area contributed by atoms with E-state index >= 15 is 0 Å². The Morgan fingerprint density at radius 3 is 2.58 bits per heavy atom. The van der Waals surface area contributed by atoms with Crippen molar-refractivity contribution in [2.45, 2.75) is 62.2 Å². The van der Waals surface area contributed by atoms with Crippen LogP contribution in [0.2, 0.25) is 0 Å². The van der Waals surface area contributed by atoms with Gasteiger partial charge in [0.25, 0.3) is 5.91 Å². The van der Waals surface area contributed by atoms with Gasteiger partial charge in [-0.3, -0.25) is 4.79 Å². The minimum absolute atomic E-state index is 0.0597. The lowest BCUT2D eigenvalue weighted by molar-refractivity contribution is -0.0595. The van der Waals surface area contributed by atoms with Crippen LogP contribution >= 0.6 is 0 Å². The molecule has 142 valence electrons. The van der Waals surface area contributed by atoms with E-state index in [1.807, 2.05) is 0 Å². The second kappa shape index (κ2) is 7.30. The van der Waals surface area contributed by atoms with E-state index < -0.39 is 42.7 Å². The molecule has 26 heavy (non-hydrogen) atoms. The van der Waals surface area contributed by atoms with Gasteiger partial charge in [0.15, 0.2) is 6.23 Å². The number of aromatic nitrogens is 3. The Morgan fingerprint density at radius 1 is 1.31 bits per heavy atom. The Hall–Kier alpha value is -2.03. The van der Waals surface area contributed by atoms with Gasteiger partial charge in [-0.15, -0.1) is 5.10 Å². The maximum absolute atomic E-state index is 11.7. The number of primary amides is 1. The average molecular weight is 366 g/mol. The molecule has 0 spiro atoms. The number of nitrogens with two attached hydrogens (primary N) is 1. The van der Waals surface area contributed by atoms with Gasteiger partial charge in [-0.05, 0) is 31.6 Å². The highest BCUT2D eigenvalue weighted by atomic mass is 16.6. The highest BCUT2D eigenvalue weighted by molar-refractivity contribution is 5.89. The zero-order valence-corrected chi connectivity index (χ0v) is 14.1. The van der Waals surface area contributed by atoms with Gasteiger partial charge in [-0.2, -0.15) is 4.98 Å². The summed E-state index contributed by atoms with van der Waals surface area (Å²) in [5.41, 5.74) is 4.19. The molecule has 1 aliphatic carbocycles. The summed E-state index contributed by atoms with van der Waals surface area (Å²) in [6.07, 6.45) is -1.15. The van der Waals surface area contributed by atoms with E-state index in [2.05, 4.69) is 21.9 Å². The predicted molar refractivity (Wildman–Crippen MR) is 86.5 cm³/mol. The highest BCUT2D eigenvalue weighted by Gasteiger charge is 2.45. The smallest absolute Gasteiger partial charge is 0.286 e. The lowest BCUT2D eigenvalue weighted by atomic mass is 9.85. The third-order valence-electron chi connectivity index (χ3n) is 4.70. The fraction of sp³-hybridized carbons (Fsp3) is 0.688. The summed E-state index contributed by atoms with van der Waals surface area (Å²) in [5, 5.41) is 43.6. The summed E-state index contributed by atoms with van der Waals surface area (Å²) in [6, 6.07) is 0. The zero-order chi connectivity index (χ0) is 18.9. The van der Waals surface area contributed by atoms with E-state index in [1.165, 1.54) is 0 Å². The van der Waals surface area contributed by atoms with E-state index in [0.717, 1.165) is 23.9 Å². The van der Waals surface area contributed by atoms with Gasteiger partial charge in [0.1, 0.15) is 23.9 Å². The van der Waals surface area contributed by atoms with Gasteiger partial charge in [0.05, 0.1) is 6.61 Å². The lowest BCUT2D eigenvalue weighted by Gasteiger charge is -2.26. The largest absolute Gasteiger partial charge is 0.394 e. The molecule has 10 heteroatoms. The molecule has 1 saturated carbocycles. The number of aliphatic hydroxyl groups excluding tert-OH is 3. The van der Waals surface area contributed by atoms with Gasteiger partial charge < -0.3 is 30.9 Å². The first-order valence-corrected chi connectivity index (χ1v) is 8.49. The van der Waals surface area contributed by atoms with Crippen LogP contribution in [0, 0.1) is 11.8 Å². The van der Waals surface area contributed by atoms with Crippen LogP contribution in [0.1, 0.15) is 54.8 Å². The molecular weight excluding hydrogens is 344 g/mol. The molecule has 6 N–H and O–H groups in total. The van der Waals surface area contributed by atoms with Crippen LogP contribution in [-0.4, -0.2) is 71.6 Å². The topological polar surface area (TPSA) is 164 Å². The minimum Gasteiger partial charge on any atom is -0.394 e. The van der Waals surface area contributed by atoms with E-state index in [4.69, 9.17) is 10.5 Å². The first-order chi connectivity index (χ1) is 12.3. The number of amides is 1. The molecule has 3 rings (SSSR count). The normalized spacial score (nSPS) is 30.6. The fourth-order valence-electron chi connectivity index (χ4n) is 3.24. The molecule has 0 bridgehead atoms. The summed E-state index contributed by atoms with van der Waals surface area (Å²) in [6.45, 7) is -0.519. The van der Waals surface area contributed by atoms with Crippen LogP contribution in [0.3, 0.4) is 0 Å². The molecule has 1 aromatic rings. The van der Waals surface area contributed by atoms with Crippen molar-refractivity contribution in [3.8, 4) is 11.8 Å². The molecule has 1 amide bonds. The summed E-state index contributed by atoms with van der Waals surface area (Å²) < 4.78 is 6.29. The molecule has 1 aromatic heterocycles. The average Bonchev–Trinajstić information content (AvgIpc) is 3.16. The van der Waals surface area contributed by atoms with E-state index in [9.17, 15) is 25.2 Å². The molecule has 2 fully saturated rings. The molecule has 1 aliphatic heterocycles. The van der Waals surface area contributed by atoms with Crippen LogP contribution in [0.25, 0.3) is 0 Å². The van der Waals surface area contributed by atoms with Crippen LogP contribution in [0.15, 0.2) is 0 Å². The standard InChI is InChI=1S/C16H22N4O6/c17-13(24)14-18-10(4-7-16(25)5-2-1-3-6-16)19-20(14)15-12(23)11(22)9(8-21)26-15/h9,11-12,15,21-23,25H,1-3,5-6,8H2,(H2,17,24)/t9-,11-,12-,15-/m1/s1. The second-order valence-electron chi connectivity index (χ2n) is 6.64. The molecule has 2 aliphatic rings. The monoisotopic (exact) mass is 366 g/mol. The van der Waals surface area contributed by atoms with Crippen LogP contribution < -0.4 is 5.73 Å². The van der Waals surface area contributed by atoms with Crippen LogP contribution in [0.4, 0.5) is 0 Å². The van der Waals surface area contributed by atoms with E-state index in [1.54, 1.807) is 0 Å². The Labute approximate surface area is 149 Å². The molecule has 0 unspecified atom stereocenters. The Balaban J connectivity index is 1.89. The number of aliphatic hydroxyl groups is 4. The minimum atomic E-state index is -1.43. The number of carbonyl (C=O) groups excluding carboxylic acids is 1. The van der Waals surface area contributed by atoms with Gasteiger partial charge in [0.2, 0.25) is 11.6 Å².